The predicted octanol–water partition coefficient (Wildman–Crippen LogP) is 4.89. The minimum atomic E-state index is -0.749. The fraction of sp³-hybridized carbons (Fsp3) is 0.0714. The van der Waals surface area contributed by atoms with Gasteiger partial charge in [0, 0.05) is 10.8 Å². The lowest BCUT2D eigenvalue weighted by Gasteiger charge is -2.05. The summed E-state index contributed by atoms with van der Waals surface area (Å²) in [4.78, 5) is 18.9. The van der Waals surface area contributed by atoms with E-state index in [-0.39, 0.29) is 5.69 Å². The van der Waals surface area contributed by atoms with Crippen molar-refractivity contribution >= 4 is 46.9 Å². The van der Waals surface area contributed by atoms with Gasteiger partial charge in [-0.25, -0.2) is 14.6 Å². The Morgan fingerprint density at radius 2 is 2.00 bits per heavy atom. The zero-order valence-electron chi connectivity index (χ0n) is 10.5. The minimum absolute atomic E-state index is 0.0657. The van der Waals surface area contributed by atoms with E-state index in [0.717, 1.165) is 5.56 Å². The number of nitrogens with zero attached hydrogens (tertiary/aromatic N) is 2. The van der Waals surface area contributed by atoms with Crippen LogP contribution in [0.4, 0.5) is 5.69 Å². The molecule has 0 fully saturated rings. The first-order valence-electron chi connectivity index (χ1n) is 5.72. The van der Waals surface area contributed by atoms with Crippen molar-refractivity contribution in [2.24, 2.45) is 0 Å². The topological polar surface area (TPSA) is 43.5 Å². The van der Waals surface area contributed by atoms with Crippen LogP contribution in [0.25, 0.3) is 4.85 Å². The van der Waals surface area contributed by atoms with E-state index in [2.05, 4.69) is 14.1 Å². The Labute approximate surface area is 136 Å². The van der Waals surface area contributed by atoms with Gasteiger partial charge in [-0.05, 0) is 23.8 Å². The lowest BCUT2D eigenvalue weighted by Crippen LogP contribution is -2.02. The number of hydrogen-bond acceptors (Lipinski definition) is 4. The molecule has 21 heavy (non-hydrogen) atoms. The zero-order chi connectivity index (χ0) is 15.2. The van der Waals surface area contributed by atoms with Gasteiger partial charge >= 0.3 is 5.97 Å². The van der Waals surface area contributed by atoms with Gasteiger partial charge in [0.1, 0.15) is 22.6 Å². The Kier molecular flexibility index (Phi) is 5.45. The first-order chi connectivity index (χ1) is 10.1. The van der Waals surface area contributed by atoms with Crippen molar-refractivity contribution in [3.63, 3.8) is 0 Å². The summed E-state index contributed by atoms with van der Waals surface area (Å²) in [5.74, 6) is -0.145. The molecular formula is C14H8Cl2N2O2S. The van der Waals surface area contributed by atoms with Crippen LogP contribution in [0, 0.1) is 6.57 Å². The summed E-state index contributed by atoms with van der Waals surface area (Å²) < 4.78 is 4.11. The molecule has 2 aromatic rings. The largest absolute Gasteiger partial charge is 0.374 e. The van der Waals surface area contributed by atoms with Gasteiger partial charge in [-0.3, -0.25) is 0 Å². The molecule has 106 valence electrons. The molecule has 2 rings (SSSR count). The number of thioether (sulfide) groups is 1. The molecule has 1 aromatic carbocycles. The Hall–Kier alpha value is -1.74. The number of aromatic nitrogens is 1. The van der Waals surface area contributed by atoms with E-state index in [4.69, 9.17) is 30.0 Å². The van der Waals surface area contributed by atoms with Crippen LogP contribution in [0.5, 0.6) is 0 Å². The van der Waals surface area contributed by atoms with E-state index in [0.29, 0.717) is 21.5 Å². The summed E-state index contributed by atoms with van der Waals surface area (Å²) in [6.07, 6.45) is 0. The van der Waals surface area contributed by atoms with Gasteiger partial charge < -0.3 is 4.29 Å². The molecule has 0 radical (unpaired) electrons. The molecule has 4 nitrogen and oxygen atoms in total. The van der Waals surface area contributed by atoms with Gasteiger partial charge in [0.15, 0.2) is 0 Å². The number of halogens is 2. The van der Waals surface area contributed by atoms with Crippen LogP contribution in [-0.2, 0) is 10.0 Å². The van der Waals surface area contributed by atoms with Crippen LogP contribution in [0.3, 0.4) is 0 Å². The second-order valence-electron chi connectivity index (χ2n) is 3.91. The SMILES string of the molecule is [C-]#[N+]c1ccc(C(=O)OCl)nc1SCc1ccc(Cl)cc1. The molecule has 0 aliphatic heterocycles. The quantitative estimate of drug-likeness (QED) is 0.588. The van der Waals surface area contributed by atoms with E-state index in [9.17, 15) is 4.79 Å². The third kappa shape index (κ3) is 4.11. The number of pyridine rings is 1. The smallest absolute Gasteiger partial charge is 0.342 e. The van der Waals surface area contributed by atoms with Crippen molar-refractivity contribution in [3.05, 3.63) is 64.1 Å². The fourth-order valence-corrected chi connectivity index (χ4v) is 2.64. The van der Waals surface area contributed by atoms with E-state index < -0.39 is 5.97 Å². The Morgan fingerprint density at radius 3 is 2.62 bits per heavy atom. The van der Waals surface area contributed by atoms with Crippen LogP contribution in [0.15, 0.2) is 41.4 Å². The van der Waals surface area contributed by atoms with Gasteiger partial charge in [0.05, 0.1) is 6.57 Å². The molecule has 0 saturated carbocycles. The summed E-state index contributed by atoms with van der Waals surface area (Å²) in [7, 11) is 0. The van der Waals surface area contributed by atoms with Crippen LogP contribution in [-0.4, -0.2) is 11.0 Å². The van der Waals surface area contributed by atoms with Gasteiger partial charge in [0.2, 0.25) is 5.69 Å². The first-order valence-corrected chi connectivity index (χ1v) is 7.40. The normalized spacial score (nSPS) is 9.95. The van der Waals surface area contributed by atoms with Crippen molar-refractivity contribution in [1.82, 2.24) is 4.98 Å². The summed E-state index contributed by atoms with van der Waals surface area (Å²) in [6.45, 7) is 7.13. The van der Waals surface area contributed by atoms with Crippen LogP contribution >= 0.6 is 35.2 Å². The average molecular weight is 339 g/mol. The molecule has 0 spiro atoms. The third-order valence-corrected chi connectivity index (χ3v) is 3.97. The highest BCUT2D eigenvalue weighted by Crippen LogP contribution is 2.31. The third-order valence-electron chi connectivity index (χ3n) is 2.53. The van der Waals surface area contributed by atoms with Crippen LogP contribution < -0.4 is 0 Å². The molecule has 0 saturated heterocycles. The highest BCUT2D eigenvalue weighted by atomic mass is 35.5. The predicted molar refractivity (Wildman–Crippen MR) is 82.8 cm³/mol. The molecule has 7 heteroatoms. The number of benzene rings is 1. The summed E-state index contributed by atoms with van der Waals surface area (Å²) in [6, 6.07) is 10.3. The van der Waals surface area contributed by atoms with Gasteiger partial charge in [-0.1, -0.05) is 29.8 Å². The first kappa shape index (κ1) is 15.6. The molecule has 0 aliphatic carbocycles. The Morgan fingerprint density at radius 1 is 1.29 bits per heavy atom. The summed E-state index contributed by atoms with van der Waals surface area (Å²) in [5.41, 5.74) is 1.48. The molecular weight excluding hydrogens is 331 g/mol. The van der Waals surface area contributed by atoms with Crippen molar-refractivity contribution in [3.8, 4) is 0 Å². The second kappa shape index (κ2) is 7.32. The minimum Gasteiger partial charge on any atom is -0.342 e. The van der Waals surface area contributed by atoms with Crippen molar-refractivity contribution in [2.45, 2.75) is 10.8 Å². The van der Waals surface area contributed by atoms with E-state index in [1.54, 1.807) is 12.1 Å². The van der Waals surface area contributed by atoms with E-state index in [1.807, 2.05) is 12.1 Å². The maximum absolute atomic E-state index is 11.4. The van der Waals surface area contributed by atoms with Crippen molar-refractivity contribution in [1.29, 1.82) is 0 Å². The highest BCUT2D eigenvalue weighted by molar-refractivity contribution is 7.98. The second-order valence-corrected chi connectivity index (χ2v) is 5.47. The zero-order valence-corrected chi connectivity index (χ0v) is 12.9. The molecule has 0 N–H and O–H groups in total. The maximum Gasteiger partial charge on any atom is 0.374 e. The standard InChI is InChI=1S/C14H8Cl2N2O2S/c1-17-11-6-7-12(14(19)20-16)18-13(11)21-8-9-2-4-10(15)5-3-9/h2-7H,8H2. The highest BCUT2D eigenvalue weighted by Gasteiger charge is 2.13. The monoisotopic (exact) mass is 338 g/mol. The number of hydrogen-bond donors (Lipinski definition) is 0. The van der Waals surface area contributed by atoms with Crippen LogP contribution in [0.1, 0.15) is 16.1 Å². The molecule has 0 amide bonds. The van der Waals surface area contributed by atoms with Crippen molar-refractivity contribution in [2.75, 3.05) is 0 Å². The lowest BCUT2D eigenvalue weighted by molar-refractivity contribution is 0.0744. The van der Waals surface area contributed by atoms with Gasteiger partial charge in [-0.2, -0.15) is 0 Å². The van der Waals surface area contributed by atoms with Crippen molar-refractivity contribution < 1.29 is 9.08 Å². The average Bonchev–Trinajstić information content (AvgIpc) is 2.53. The molecule has 0 aliphatic rings. The maximum atomic E-state index is 11.4. The number of carbonyl (C=O) groups is 1. The Bertz CT molecular complexity index is 699. The number of rotatable bonds is 4. The van der Waals surface area contributed by atoms with Crippen LogP contribution in [0.2, 0.25) is 5.02 Å². The van der Waals surface area contributed by atoms with E-state index in [1.165, 1.54) is 23.9 Å². The lowest BCUT2D eigenvalue weighted by atomic mass is 10.2. The number of carbonyl (C=O) groups excluding carboxylic acids is 1. The molecule has 0 bridgehead atoms. The Balaban J connectivity index is 2.19. The summed E-state index contributed by atoms with van der Waals surface area (Å²) >= 11 is 12.2. The summed E-state index contributed by atoms with van der Waals surface area (Å²) in [5, 5.41) is 1.12. The molecule has 1 aromatic heterocycles. The van der Waals surface area contributed by atoms with Gasteiger partial charge in [0.25, 0.3) is 0 Å². The van der Waals surface area contributed by atoms with E-state index >= 15 is 0 Å². The molecule has 0 atom stereocenters. The molecule has 1 heterocycles. The molecule has 0 unspecified atom stereocenters. The fourth-order valence-electron chi connectivity index (χ4n) is 1.51. The van der Waals surface area contributed by atoms with Gasteiger partial charge in [-0.15, -0.1) is 11.8 Å².